The van der Waals surface area contributed by atoms with Crippen molar-refractivity contribution in [2.24, 2.45) is 5.92 Å². The summed E-state index contributed by atoms with van der Waals surface area (Å²) in [5.41, 5.74) is 1.67. The number of rotatable bonds is 14. The van der Waals surface area contributed by atoms with E-state index >= 15 is 0 Å². The number of aromatic hydroxyl groups is 1. The number of nitrogens with one attached hydrogen (secondary N) is 3. The van der Waals surface area contributed by atoms with E-state index in [2.05, 4.69) is 20.5 Å². The number of benzene rings is 3. The molecule has 0 saturated carbocycles. The largest absolute Gasteiger partial charge is 0.506 e. The number of likely N-dealkylation sites (tertiary alicyclic amines) is 1. The molecule has 1 aromatic heterocycles. The lowest BCUT2D eigenvalue weighted by Gasteiger charge is -2.45. The number of fused-ring (bicyclic) bond motifs is 4. The predicted octanol–water partition coefficient (Wildman–Crippen LogP) is 5.06. The third-order valence-corrected chi connectivity index (χ3v) is 11.4. The van der Waals surface area contributed by atoms with E-state index in [0.29, 0.717) is 72.8 Å². The van der Waals surface area contributed by atoms with E-state index in [9.17, 15) is 24.6 Å². The first-order valence-corrected chi connectivity index (χ1v) is 19.3. The number of phenols is 1. The predicted molar refractivity (Wildman–Crippen MR) is 206 cm³/mol. The Morgan fingerprint density at radius 1 is 0.907 bits per heavy atom. The Labute approximate surface area is 315 Å². The second kappa shape index (κ2) is 17.0. The number of alkyl carbamates (subject to hydrolysis) is 1. The highest BCUT2D eigenvalue weighted by Crippen LogP contribution is 2.35. The van der Waals surface area contributed by atoms with Crippen LogP contribution in [-0.2, 0) is 10.3 Å². The van der Waals surface area contributed by atoms with Crippen molar-refractivity contribution in [1.29, 1.82) is 0 Å². The van der Waals surface area contributed by atoms with Crippen molar-refractivity contribution in [3.8, 4) is 11.5 Å². The maximum absolute atomic E-state index is 13.5. The van der Waals surface area contributed by atoms with Crippen LogP contribution in [0, 0.1) is 5.92 Å². The number of pyridine rings is 1. The number of carbonyl (C=O) groups excluding carboxylic acids is 2. The average molecular weight is 738 g/mol. The Bertz CT molecular complexity index is 1940. The Kier molecular flexibility index (Phi) is 11.8. The van der Waals surface area contributed by atoms with Gasteiger partial charge in [-0.25, -0.2) is 4.79 Å². The summed E-state index contributed by atoms with van der Waals surface area (Å²) in [4.78, 5) is 45.4. The van der Waals surface area contributed by atoms with E-state index in [1.54, 1.807) is 12.1 Å². The van der Waals surface area contributed by atoms with Gasteiger partial charge >= 0.3 is 6.09 Å². The van der Waals surface area contributed by atoms with Crippen molar-refractivity contribution in [1.82, 2.24) is 25.4 Å². The van der Waals surface area contributed by atoms with Gasteiger partial charge in [0.1, 0.15) is 17.6 Å². The average Bonchev–Trinajstić information content (AvgIpc) is 3.20. The summed E-state index contributed by atoms with van der Waals surface area (Å²) < 4.78 is 12.0. The highest BCUT2D eigenvalue weighted by atomic mass is 16.6. The van der Waals surface area contributed by atoms with Gasteiger partial charge in [0.25, 0.3) is 5.91 Å². The molecule has 4 saturated heterocycles. The van der Waals surface area contributed by atoms with Gasteiger partial charge in [0.2, 0.25) is 5.56 Å². The quantitative estimate of drug-likeness (QED) is 0.112. The van der Waals surface area contributed by atoms with Gasteiger partial charge < -0.3 is 40.2 Å². The van der Waals surface area contributed by atoms with Gasteiger partial charge in [0.15, 0.2) is 0 Å². The summed E-state index contributed by atoms with van der Waals surface area (Å²) >= 11 is 0. The number of nitrogens with zero attached hydrogens (tertiary/aromatic N) is 2. The van der Waals surface area contributed by atoms with Gasteiger partial charge in [0.05, 0.1) is 23.8 Å². The smallest absolute Gasteiger partial charge is 0.408 e. The molecule has 5 heterocycles. The van der Waals surface area contributed by atoms with E-state index in [1.807, 2.05) is 59.5 Å². The minimum atomic E-state index is -0.790. The molecule has 2 atom stereocenters. The lowest BCUT2D eigenvalue weighted by Crippen LogP contribution is -2.56. The number of ether oxygens (including phenoxy) is 2. The standard InChI is InChI=1S/C42H51N5O7/c48-35-15-13-33(34-14-16-38(50)44-39(34)35)36(49)27-43-21-5-2-6-26-53-32-11-9-30(10-12-32)40(51)47-24-19-42(20-25-47,31-7-3-1-4-8-31)45-41(52)54-37-28-46-22-17-29(37)18-23-46/h1,3-4,7-16,29,36-37,43,48-49H,2,5-6,17-28H2,(H,44,50)(H,45,52)/t36-,37-/m0/s1. The summed E-state index contributed by atoms with van der Waals surface area (Å²) in [7, 11) is 0. The van der Waals surface area contributed by atoms with Crippen LogP contribution in [0.5, 0.6) is 11.5 Å². The van der Waals surface area contributed by atoms with Crippen LogP contribution >= 0.6 is 0 Å². The van der Waals surface area contributed by atoms with Gasteiger partial charge in [-0.15, -0.1) is 0 Å². The number of aromatic nitrogens is 1. The number of phenolic OH excluding ortho intramolecular Hbond substituents is 1. The molecule has 12 heteroatoms. The summed E-state index contributed by atoms with van der Waals surface area (Å²) in [6.45, 7) is 5.62. The van der Waals surface area contributed by atoms with Crippen LogP contribution in [0.15, 0.2) is 83.7 Å². The van der Waals surface area contributed by atoms with E-state index < -0.39 is 11.6 Å². The van der Waals surface area contributed by atoms with Gasteiger partial charge in [0, 0.05) is 43.2 Å². The molecule has 3 aromatic carbocycles. The van der Waals surface area contributed by atoms with Crippen LogP contribution < -0.4 is 20.9 Å². The van der Waals surface area contributed by atoms with E-state index in [4.69, 9.17) is 9.47 Å². The number of hydrogen-bond donors (Lipinski definition) is 5. The number of H-pyrrole nitrogens is 1. The van der Waals surface area contributed by atoms with Crippen molar-refractivity contribution >= 4 is 22.9 Å². The lowest BCUT2D eigenvalue weighted by molar-refractivity contribution is -0.0366. The molecule has 4 aliphatic rings. The number of carbonyl (C=O) groups is 2. The van der Waals surface area contributed by atoms with Crippen LogP contribution in [0.25, 0.3) is 10.9 Å². The molecule has 4 aliphatic heterocycles. The molecule has 4 aromatic rings. The number of aromatic amines is 1. The first-order valence-electron chi connectivity index (χ1n) is 19.3. The molecule has 286 valence electrons. The van der Waals surface area contributed by atoms with E-state index in [1.165, 1.54) is 12.1 Å². The maximum atomic E-state index is 13.5. The van der Waals surface area contributed by atoms with Gasteiger partial charge in [-0.3, -0.25) is 14.5 Å². The fraction of sp³-hybridized carbons (Fsp3) is 0.452. The first kappa shape index (κ1) is 37.4. The van der Waals surface area contributed by atoms with Crippen LogP contribution in [0.1, 0.15) is 72.5 Å². The molecule has 0 aliphatic carbocycles. The summed E-state index contributed by atoms with van der Waals surface area (Å²) in [6.07, 6.45) is 4.81. The molecule has 2 bridgehead atoms. The van der Waals surface area contributed by atoms with Gasteiger partial charge in [-0.2, -0.15) is 0 Å². The second-order valence-electron chi connectivity index (χ2n) is 14.9. The fourth-order valence-corrected chi connectivity index (χ4v) is 8.23. The molecule has 0 radical (unpaired) electrons. The highest BCUT2D eigenvalue weighted by molar-refractivity contribution is 5.94. The topological polar surface area (TPSA) is 156 Å². The van der Waals surface area contributed by atoms with Crippen molar-refractivity contribution in [3.63, 3.8) is 0 Å². The number of aliphatic hydroxyl groups excluding tert-OH is 1. The summed E-state index contributed by atoms with van der Waals surface area (Å²) in [6, 6.07) is 23.5. The molecule has 54 heavy (non-hydrogen) atoms. The summed E-state index contributed by atoms with van der Waals surface area (Å²) in [5.74, 6) is 1.07. The molecule has 0 unspecified atom stereocenters. The molecule has 8 rings (SSSR count). The van der Waals surface area contributed by atoms with Crippen LogP contribution in [0.3, 0.4) is 0 Å². The van der Waals surface area contributed by atoms with Gasteiger partial charge in [-0.05, 0) is 118 Å². The minimum absolute atomic E-state index is 0.0315. The first-order chi connectivity index (χ1) is 26.3. The number of piperidine rings is 4. The second-order valence-corrected chi connectivity index (χ2v) is 14.9. The Morgan fingerprint density at radius 2 is 1.67 bits per heavy atom. The molecular formula is C42H51N5O7. The number of amides is 2. The molecule has 4 fully saturated rings. The maximum Gasteiger partial charge on any atom is 0.408 e. The van der Waals surface area contributed by atoms with E-state index in [0.717, 1.165) is 63.8 Å². The lowest BCUT2D eigenvalue weighted by atomic mass is 9.80. The Hall–Kier alpha value is -4.91. The van der Waals surface area contributed by atoms with Crippen molar-refractivity contribution in [2.75, 3.05) is 52.4 Å². The van der Waals surface area contributed by atoms with Gasteiger partial charge in [-0.1, -0.05) is 36.4 Å². The number of aliphatic hydroxyl groups is 1. The normalized spacial score (nSPS) is 21.1. The SMILES string of the molecule is O=C(NC1(c2ccccc2)CCN(C(=O)c2ccc(OCCCCCNC[C@H](O)c3ccc(O)c4[nH]c(=O)ccc34)cc2)CC1)O[C@H]1CN2CCC1CC2. The Morgan fingerprint density at radius 3 is 2.39 bits per heavy atom. The number of hydrogen-bond acceptors (Lipinski definition) is 9. The van der Waals surface area contributed by atoms with Crippen LogP contribution in [0.2, 0.25) is 0 Å². The molecular weight excluding hydrogens is 686 g/mol. The third-order valence-electron chi connectivity index (χ3n) is 11.4. The summed E-state index contributed by atoms with van der Waals surface area (Å²) in [5, 5.41) is 28.0. The fourth-order valence-electron chi connectivity index (χ4n) is 8.23. The minimum Gasteiger partial charge on any atom is -0.506 e. The zero-order valence-corrected chi connectivity index (χ0v) is 30.7. The third kappa shape index (κ3) is 8.72. The van der Waals surface area contributed by atoms with Crippen LogP contribution in [0.4, 0.5) is 4.79 Å². The van der Waals surface area contributed by atoms with Crippen LogP contribution in [-0.4, -0.2) is 95.5 Å². The molecule has 12 nitrogen and oxygen atoms in total. The van der Waals surface area contributed by atoms with E-state index in [-0.39, 0.29) is 29.4 Å². The highest BCUT2D eigenvalue weighted by Gasteiger charge is 2.41. The zero-order valence-electron chi connectivity index (χ0n) is 30.7. The van der Waals surface area contributed by atoms with Crippen molar-refractivity contribution in [2.45, 2.75) is 62.7 Å². The number of unbranched alkanes of at least 4 members (excludes halogenated alkanes) is 2. The van der Waals surface area contributed by atoms with Crippen molar-refractivity contribution in [3.05, 3.63) is 106 Å². The molecule has 0 spiro atoms. The zero-order chi connectivity index (χ0) is 37.5. The Balaban J connectivity index is 0.824. The van der Waals surface area contributed by atoms with Crippen molar-refractivity contribution < 1.29 is 29.3 Å². The monoisotopic (exact) mass is 737 g/mol. The molecule has 5 N–H and O–H groups in total. The molecule has 2 amide bonds.